The summed E-state index contributed by atoms with van der Waals surface area (Å²) >= 11 is 11.8. The molecule has 0 spiro atoms. The molecule has 1 aromatic carbocycles. The van der Waals surface area contributed by atoms with E-state index in [4.69, 9.17) is 27.9 Å². The molecule has 0 aliphatic carbocycles. The highest BCUT2D eigenvalue weighted by molar-refractivity contribution is 6.37. The Balaban J connectivity index is 1.90. The van der Waals surface area contributed by atoms with Gasteiger partial charge in [-0.15, -0.1) is 0 Å². The van der Waals surface area contributed by atoms with Gasteiger partial charge in [-0.2, -0.15) is 0 Å². The van der Waals surface area contributed by atoms with Crippen LogP contribution in [0.2, 0.25) is 10.0 Å². The van der Waals surface area contributed by atoms with Gasteiger partial charge in [0.25, 0.3) is 0 Å². The van der Waals surface area contributed by atoms with Crippen molar-refractivity contribution in [1.29, 1.82) is 0 Å². The quantitative estimate of drug-likeness (QED) is 0.747. The minimum Gasteiger partial charge on any atom is -0.370 e. The molecule has 0 saturated carbocycles. The van der Waals surface area contributed by atoms with E-state index in [-0.39, 0.29) is 5.78 Å². The molecule has 1 atom stereocenters. The fourth-order valence-corrected chi connectivity index (χ4v) is 2.37. The van der Waals surface area contributed by atoms with E-state index in [2.05, 4.69) is 4.98 Å². The van der Waals surface area contributed by atoms with Gasteiger partial charge in [0.05, 0.1) is 11.6 Å². The highest BCUT2D eigenvalue weighted by atomic mass is 35.5. The van der Waals surface area contributed by atoms with Gasteiger partial charge in [0.1, 0.15) is 6.10 Å². The van der Waals surface area contributed by atoms with E-state index in [9.17, 15) is 4.79 Å². The van der Waals surface area contributed by atoms with Gasteiger partial charge in [-0.05, 0) is 37.3 Å². The summed E-state index contributed by atoms with van der Waals surface area (Å²) in [6.45, 7) is 2.14. The lowest BCUT2D eigenvalue weighted by molar-refractivity contribution is 0.0485. The Morgan fingerprint density at radius 1 is 1.29 bits per heavy atom. The average molecular weight is 324 g/mol. The zero-order valence-electron chi connectivity index (χ0n) is 11.6. The van der Waals surface area contributed by atoms with Crippen LogP contribution in [-0.2, 0) is 11.2 Å². The second kappa shape index (κ2) is 7.55. The van der Waals surface area contributed by atoms with Crippen LogP contribution in [0.5, 0.6) is 0 Å². The first kappa shape index (κ1) is 16.0. The van der Waals surface area contributed by atoms with Crippen molar-refractivity contribution in [3.05, 3.63) is 63.9 Å². The fourth-order valence-electron chi connectivity index (χ4n) is 1.87. The van der Waals surface area contributed by atoms with Gasteiger partial charge in [-0.3, -0.25) is 9.78 Å². The number of benzene rings is 1. The van der Waals surface area contributed by atoms with Crippen molar-refractivity contribution in [2.24, 2.45) is 0 Å². The number of pyridine rings is 1. The number of carbonyl (C=O) groups excluding carboxylic acids is 1. The maximum atomic E-state index is 12.3. The molecule has 5 heteroatoms. The second-order valence-electron chi connectivity index (χ2n) is 4.57. The Labute approximate surface area is 133 Å². The van der Waals surface area contributed by atoms with Gasteiger partial charge in [0.2, 0.25) is 0 Å². The minimum atomic E-state index is -0.563. The largest absolute Gasteiger partial charge is 0.370 e. The lowest BCUT2D eigenvalue weighted by Crippen LogP contribution is -2.22. The molecule has 0 aliphatic heterocycles. The lowest BCUT2D eigenvalue weighted by Gasteiger charge is -2.13. The molecule has 0 aliphatic rings. The molecule has 0 radical (unpaired) electrons. The van der Waals surface area contributed by atoms with Crippen LogP contribution < -0.4 is 0 Å². The van der Waals surface area contributed by atoms with Crippen LogP contribution in [0.25, 0.3) is 0 Å². The van der Waals surface area contributed by atoms with E-state index in [1.54, 1.807) is 31.3 Å². The summed E-state index contributed by atoms with van der Waals surface area (Å²) in [7, 11) is 0. The standard InChI is InChI=1S/C16H15Cl2NO2/c1-11(21-9-7-13-4-2-3-8-19-13)16(20)14-6-5-12(17)10-15(14)18/h2-6,8,10-11H,7,9H2,1H3. The molecule has 1 aromatic heterocycles. The average Bonchev–Trinajstić information content (AvgIpc) is 2.47. The third-order valence-electron chi connectivity index (χ3n) is 3.02. The van der Waals surface area contributed by atoms with E-state index >= 15 is 0 Å². The number of Topliss-reactive ketones (excluding diaryl/α,β-unsaturated/α-hetero) is 1. The van der Waals surface area contributed by atoms with Gasteiger partial charge in [-0.1, -0.05) is 29.3 Å². The molecular weight excluding hydrogens is 309 g/mol. The van der Waals surface area contributed by atoms with E-state index in [1.807, 2.05) is 18.2 Å². The zero-order valence-corrected chi connectivity index (χ0v) is 13.1. The number of halogens is 2. The zero-order chi connectivity index (χ0) is 15.2. The first-order valence-electron chi connectivity index (χ1n) is 6.58. The molecule has 0 amide bonds. The Hall–Kier alpha value is -1.42. The first-order chi connectivity index (χ1) is 10.1. The third kappa shape index (κ3) is 4.53. The Morgan fingerprint density at radius 3 is 2.76 bits per heavy atom. The van der Waals surface area contributed by atoms with Crippen LogP contribution in [0.1, 0.15) is 23.0 Å². The highest BCUT2D eigenvalue weighted by Gasteiger charge is 2.18. The van der Waals surface area contributed by atoms with Crippen LogP contribution in [0.4, 0.5) is 0 Å². The predicted molar refractivity (Wildman–Crippen MR) is 84.1 cm³/mol. The number of aromatic nitrogens is 1. The van der Waals surface area contributed by atoms with Gasteiger partial charge >= 0.3 is 0 Å². The van der Waals surface area contributed by atoms with Crippen LogP contribution in [0.3, 0.4) is 0 Å². The molecule has 1 heterocycles. The van der Waals surface area contributed by atoms with Crippen molar-refractivity contribution in [2.75, 3.05) is 6.61 Å². The van der Waals surface area contributed by atoms with E-state index in [1.165, 1.54) is 0 Å². The van der Waals surface area contributed by atoms with Gasteiger partial charge < -0.3 is 4.74 Å². The van der Waals surface area contributed by atoms with Gasteiger partial charge in [0, 0.05) is 28.9 Å². The number of rotatable bonds is 6. The van der Waals surface area contributed by atoms with Crippen molar-refractivity contribution < 1.29 is 9.53 Å². The van der Waals surface area contributed by atoms with Crippen molar-refractivity contribution in [3.63, 3.8) is 0 Å². The summed E-state index contributed by atoms with van der Waals surface area (Å²) in [4.78, 5) is 16.5. The minimum absolute atomic E-state index is 0.155. The summed E-state index contributed by atoms with van der Waals surface area (Å²) in [6, 6.07) is 10.5. The summed E-state index contributed by atoms with van der Waals surface area (Å²) < 4.78 is 5.57. The Kier molecular flexibility index (Phi) is 5.74. The molecule has 3 nitrogen and oxygen atoms in total. The van der Waals surface area contributed by atoms with Crippen LogP contribution in [0, 0.1) is 0 Å². The van der Waals surface area contributed by atoms with E-state index in [0.717, 1.165) is 5.69 Å². The molecule has 0 N–H and O–H groups in total. The topological polar surface area (TPSA) is 39.2 Å². The molecule has 0 fully saturated rings. The number of hydrogen-bond donors (Lipinski definition) is 0. The molecule has 21 heavy (non-hydrogen) atoms. The SMILES string of the molecule is CC(OCCc1ccccn1)C(=O)c1ccc(Cl)cc1Cl. The van der Waals surface area contributed by atoms with Gasteiger partial charge in [0.15, 0.2) is 5.78 Å². The monoisotopic (exact) mass is 323 g/mol. The summed E-state index contributed by atoms with van der Waals surface area (Å²) in [5, 5.41) is 0.841. The van der Waals surface area contributed by atoms with E-state index < -0.39 is 6.10 Å². The van der Waals surface area contributed by atoms with E-state index in [0.29, 0.717) is 28.6 Å². The number of hydrogen-bond acceptors (Lipinski definition) is 3. The normalized spacial score (nSPS) is 12.1. The van der Waals surface area contributed by atoms with Crippen molar-refractivity contribution >= 4 is 29.0 Å². The maximum absolute atomic E-state index is 12.3. The number of carbonyl (C=O) groups is 1. The molecule has 2 aromatic rings. The smallest absolute Gasteiger partial charge is 0.192 e. The Morgan fingerprint density at radius 2 is 2.10 bits per heavy atom. The molecule has 110 valence electrons. The van der Waals surface area contributed by atoms with Crippen molar-refractivity contribution in [2.45, 2.75) is 19.4 Å². The number of ketones is 1. The van der Waals surface area contributed by atoms with Crippen molar-refractivity contribution in [3.8, 4) is 0 Å². The predicted octanol–water partition coefficient (Wildman–Crippen LogP) is 4.22. The summed E-state index contributed by atoms with van der Waals surface area (Å²) in [6.07, 6.45) is 1.83. The number of ether oxygens (including phenoxy) is 1. The lowest BCUT2D eigenvalue weighted by atomic mass is 10.1. The highest BCUT2D eigenvalue weighted by Crippen LogP contribution is 2.22. The van der Waals surface area contributed by atoms with Crippen LogP contribution in [0.15, 0.2) is 42.6 Å². The first-order valence-corrected chi connectivity index (χ1v) is 7.34. The molecule has 0 bridgehead atoms. The third-order valence-corrected chi connectivity index (χ3v) is 3.57. The molecular formula is C16H15Cl2NO2. The summed E-state index contributed by atoms with van der Waals surface area (Å²) in [5.74, 6) is -0.155. The van der Waals surface area contributed by atoms with Crippen LogP contribution >= 0.6 is 23.2 Å². The van der Waals surface area contributed by atoms with Gasteiger partial charge in [-0.25, -0.2) is 0 Å². The second-order valence-corrected chi connectivity index (χ2v) is 5.42. The molecule has 0 saturated heterocycles. The summed E-state index contributed by atoms with van der Waals surface area (Å²) in [5.41, 5.74) is 1.35. The molecule has 2 rings (SSSR count). The fraction of sp³-hybridized carbons (Fsp3) is 0.250. The van der Waals surface area contributed by atoms with Crippen molar-refractivity contribution in [1.82, 2.24) is 4.98 Å². The van der Waals surface area contributed by atoms with Crippen LogP contribution in [-0.4, -0.2) is 23.5 Å². The Bertz CT molecular complexity index is 617. The molecule has 1 unspecified atom stereocenters. The maximum Gasteiger partial charge on any atom is 0.192 e. The number of nitrogens with zero attached hydrogens (tertiary/aromatic N) is 1.